The van der Waals surface area contributed by atoms with E-state index in [9.17, 15) is 19.1 Å². The summed E-state index contributed by atoms with van der Waals surface area (Å²) < 4.78 is 18.8. The van der Waals surface area contributed by atoms with Crippen molar-refractivity contribution in [3.8, 4) is 0 Å². The van der Waals surface area contributed by atoms with Gasteiger partial charge in [0.15, 0.2) is 0 Å². The Morgan fingerprint density at radius 2 is 2.00 bits per heavy atom. The van der Waals surface area contributed by atoms with Crippen LogP contribution in [0.4, 0.5) is 4.39 Å². The highest BCUT2D eigenvalue weighted by atomic mass is 19.1. The number of ether oxygens (including phenoxy) is 1. The molecule has 0 saturated heterocycles. The summed E-state index contributed by atoms with van der Waals surface area (Å²) in [6, 6.07) is 5.46. The fraction of sp³-hybridized carbons (Fsp3) is 0.421. The smallest absolute Gasteiger partial charge is 0.345 e. The Morgan fingerprint density at radius 1 is 1.35 bits per heavy atom. The van der Waals surface area contributed by atoms with E-state index in [2.05, 4.69) is 10.3 Å². The topological polar surface area (TPSA) is 88.0 Å². The summed E-state index contributed by atoms with van der Waals surface area (Å²) in [6.07, 6.45) is 2.48. The fourth-order valence-electron chi connectivity index (χ4n) is 3.66. The number of hydrogen-bond acceptors (Lipinski definition) is 5. The second kappa shape index (κ2) is 6.90. The number of aliphatic hydroxyl groups excluding tert-OH is 1. The Kier molecular flexibility index (Phi) is 4.80. The third-order valence-electron chi connectivity index (χ3n) is 5.12. The maximum Gasteiger partial charge on any atom is 0.345 e. The number of benzene rings is 1. The van der Waals surface area contributed by atoms with Crippen LogP contribution in [0.2, 0.25) is 0 Å². The molecule has 1 aromatic carbocycles. The lowest BCUT2D eigenvalue weighted by Gasteiger charge is -2.33. The lowest BCUT2D eigenvalue weighted by molar-refractivity contribution is -0.136. The van der Waals surface area contributed by atoms with Crippen LogP contribution in [0.15, 0.2) is 40.6 Å². The summed E-state index contributed by atoms with van der Waals surface area (Å²) in [6.45, 7) is 1.64. The van der Waals surface area contributed by atoms with Crippen molar-refractivity contribution in [3.05, 3.63) is 47.0 Å². The monoisotopic (exact) mass is 360 g/mol. The summed E-state index contributed by atoms with van der Waals surface area (Å²) in [5, 5.41) is 13.4. The first-order valence-corrected chi connectivity index (χ1v) is 8.57. The molecule has 0 radical (unpaired) electrons. The number of carbonyl (C=O) groups excluding carboxylic acids is 2. The van der Waals surface area contributed by atoms with E-state index in [1.807, 2.05) is 0 Å². The van der Waals surface area contributed by atoms with Crippen LogP contribution < -0.4 is 5.32 Å². The van der Waals surface area contributed by atoms with Crippen molar-refractivity contribution in [3.63, 3.8) is 0 Å². The highest BCUT2D eigenvalue weighted by Crippen LogP contribution is 2.46. The number of nitrogens with one attached hydrogen (secondary N) is 1. The van der Waals surface area contributed by atoms with Gasteiger partial charge in [-0.2, -0.15) is 0 Å². The molecule has 1 atom stereocenters. The molecule has 6 nitrogen and oxygen atoms in total. The van der Waals surface area contributed by atoms with E-state index in [0.29, 0.717) is 18.4 Å². The van der Waals surface area contributed by atoms with Crippen molar-refractivity contribution in [1.29, 1.82) is 0 Å². The van der Waals surface area contributed by atoms with Gasteiger partial charge in [-0.25, -0.2) is 9.18 Å². The quantitative estimate of drug-likeness (QED) is 0.811. The standard InChI is InChI=1S/C19H21FN2O4/c1-11(12-7-3-4-8-13(12)20)21-16-14(17(24)26-2)15(23)19(18(25)22-16)9-5-6-10-19/h3-4,7-8,11,23H,5-6,9-10H2,1-2H3,(H,21,22,25)/t11-/m0/s1. The number of methoxy groups -OCH3 is 1. The molecule has 138 valence electrons. The van der Waals surface area contributed by atoms with Crippen LogP contribution in [0.25, 0.3) is 0 Å². The molecule has 2 N–H and O–H groups in total. The molecular formula is C19H21FN2O4. The maximum atomic E-state index is 14.0. The molecule has 1 fully saturated rings. The third kappa shape index (κ3) is 2.87. The molecule has 1 aliphatic carbocycles. The summed E-state index contributed by atoms with van der Waals surface area (Å²) in [5.74, 6) is -2.00. The normalized spacial score (nSPS) is 21.8. The van der Waals surface area contributed by atoms with Crippen LogP contribution in [0.1, 0.15) is 44.2 Å². The number of hydrogen-bond donors (Lipinski definition) is 2. The van der Waals surface area contributed by atoms with Gasteiger partial charge in [-0.15, -0.1) is 0 Å². The van der Waals surface area contributed by atoms with Crippen molar-refractivity contribution >= 4 is 17.7 Å². The van der Waals surface area contributed by atoms with Gasteiger partial charge in [0.05, 0.1) is 13.2 Å². The zero-order valence-electron chi connectivity index (χ0n) is 14.7. The highest BCUT2D eigenvalue weighted by Gasteiger charge is 2.51. The average Bonchev–Trinajstić information content (AvgIpc) is 3.11. The Hall–Kier alpha value is -2.70. The average molecular weight is 360 g/mol. The van der Waals surface area contributed by atoms with Crippen molar-refractivity contribution in [2.24, 2.45) is 10.4 Å². The van der Waals surface area contributed by atoms with Gasteiger partial charge in [0.25, 0.3) is 0 Å². The van der Waals surface area contributed by atoms with Crippen LogP contribution in [0.5, 0.6) is 0 Å². The number of aliphatic hydroxyl groups is 1. The van der Waals surface area contributed by atoms with Gasteiger partial charge in [0.2, 0.25) is 5.91 Å². The molecule has 0 bridgehead atoms. The predicted molar refractivity (Wildman–Crippen MR) is 93.0 cm³/mol. The maximum absolute atomic E-state index is 14.0. The lowest BCUT2D eigenvalue weighted by Crippen LogP contribution is -2.51. The van der Waals surface area contributed by atoms with Gasteiger partial charge in [-0.1, -0.05) is 31.0 Å². The molecule has 1 aliphatic heterocycles. The largest absolute Gasteiger partial charge is 0.510 e. The number of rotatable bonds is 3. The minimum Gasteiger partial charge on any atom is -0.510 e. The van der Waals surface area contributed by atoms with Gasteiger partial charge >= 0.3 is 5.97 Å². The number of aliphatic imine (C=N–C) groups is 1. The number of esters is 1. The molecule has 0 unspecified atom stereocenters. The molecule has 0 aromatic heterocycles. The van der Waals surface area contributed by atoms with Gasteiger partial charge in [-0.05, 0) is 25.8 Å². The van der Waals surface area contributed by atoms with Gasteiger partial charge in [0, 0.05) is 5.56 Å². The molecule has 1 aromatic rings. The number of amides is 1. The lowest BCUT2D eigenvalue weighted by atomic mass is 9.78. The molecule has 26 heavy (non-hydrogen) atoms. The van der Waals surface area contributed by atoms with Crippen molar-refractivity contribution in [2.75, 3.05) is 7.11 Å². The number of halogens is 1. The summed E-state index contributed by atoms with van der Waals surface area (Å²) in [5.41, 5.74) is -0.944. The van der Waals surface area contributed by atoms with E-state index in [4.69, 9.17) is 4.74 Å². The fourth-order valence-corrected chi connectivity index (χ4v) is 3.66. The van der Waals surface area contributed by atoms with Crippen LogP contribution in [-0.2, 0) is 14.3 Å². The zero-order chi connectivity index (χ0) is 18.9. The van der Waals surface area contributed by atoms with E-state index < -0.39 is 23.2 Å². The highest BCUT2D eigenvalue weighted by molar-refractivity contribution is 6.26. The molecule has 1 spiro atoms. The minimum absolute atomic E-state index is 0.0902. The van der Waals surface area contributed by atoms with Gasteiger partial charge in [0.1, 0.15) is 28.4 Å². The number of carbonyl (C=O) groups is 2. The van der Waals surface area contributed by atoms with Crippen molar-refractivity contribution in [2.45, 2.75) is 38.6 Å². The van der Waals surface area contributed by atoms with E-state index >= 15 is 0 Å². The second-order valence-corrected chi connectivity index (χ2v) is 6.63. The summed E-state index contributed by atoms with van der Waals surface area (Å²) >= 11 is 0. The molecule has 3 rings (SSSR count). The van der Waals surface area contributed by atoms with Crippen molar-refractivity contribution < 1.29 is 23.8 Å². The first-order valence-electron chi connectivity index (χ1n) is 8.57. The molecular weight excluding hydrogens is 339 g/mol. The van der Waals surface area contributed by atoms with Crippen LogP contribution in [0.3, 0.4) is 0 Å². The Morgan fingerprint density at radius 3 is 2.62 bits per heavy atom. The summed E-state index contributed by atoms with van der Waals surface area (Å²) in [7, 11) is 1.19. The van der Waals surface area contributed by atoms with Crippen LogP contribution in [0, 0.1) is 11.2 Å². The SMILES string of the molecule is COC(=O)C1=C(O)C2(CCCC2)C(=O)NC1=N[C@@H](C)c1ccccc1F. The summed E-state index contributed by atoms with van der Waals surface area (Å²) in [4.78, 5) is 29.2. The predicted octanol–water partition coefficient (Wildman–Crippen LogP) is 2.96. The first kappa shape index (κ1) is 18.1. The van der Waals surface area contributed by atoms with E-state index in [-0.39, 0.29) is 23.1 Å². The molecule has 7 heteroatoms. The second-order valence-electron chi connectivity index (χ2n) is 6.63. The van der Waals surface area contributed by atoms with Gasteiger partial charge < -0.3 is 15.2 Å². The van der Waals surface area contributed by atoms with E-state index in [0.717, 1.165) is 12.8 Å². The molecule has 1 saturated carbocycles. The van der Waals surface area contributed by atoms with E-state index in [1.54, 1.807) is 25.1 Å². The molecule has 1 amide bonds. The Balaban J connectivity index is 2.08. The van der Waals surface area contributed by atoms with Crippen LogP contribution >= 0.6 is 0 Å². The number of amidine groups is 1. The zero-order valence-corrected chi connectivity index (χ0v) is 14.7. The van der Waals surface area contributed by atoms with Gasteiger partial charge in [-0.3, -0.25) is 9.79 Å². The Bertz CT molecular complexity index is 810. The molecule has 2 aliphatic rings. The number of nitrogens with zero attached hydrogens (tertiary/aromatic N) is 1. The van der Waals surface area contributed by atoms with Crippen molar-refractivity contribution in [1.82, 2.24) is 5.32 Å². The first-order chi connectivity index (χ1) is 12.4. The Labute approximate surface area is 150 Å². The third-order valence-corrected chi connectivity index (χ3v) is 5.12. The van der Waals surface area contributed by atoms with E-state index in [1.165, 1.54) is 13.2 Å². The molecule has 1 heterocycles. The minimum atomic E-state index is -1.11. The van der Waals surface area contributed by atoms with Crippen LogP contribution in [-0.4, -0.2) is 29.9 Å².